The number of fused-ring (bicyclic) bond motifs is 4. The molecule has 1 saturated heterocycles. The van der Waals surface area contributed by atoms with Gasteiger partial charge in [0.1, 0.15) is 17.1 Å². The standard InChI is InChI=1S/C34H54N6O5S/c1-5-6-7-23(41)15-21-14-22-12-13-34(4)24(9-10-25(34)28(22)26(42)16-21)19(2)8-11-27(43)38-29-32(45)40-30(20(3)17-46-33(29)40)31(44)36-18-37-39-35/h19,21-26,28-29,33,41-42H,5-18H2,1-4H3,(H,36,44)(H,38,43)/t19-,21+,22-,23-,24-,25+,26?,28-,29?,33?,34-/m1/s1. The summed E-state index contributed by atoms with van der Waals surface area (Å²) in [6, 6.07) is -0.658. The van der Waals surface area contributed by atoms with Crippen LogP contribution in [0.5, 0.6) is 0 Å². The number of nitrogens with zero attached hydrogens (tertiary/aromatic N) is 4. The Bertz CT molecular complexity index is 1240. The van der Waals surface area contributed by atoms with E-state index in [1.165, 1.54) is 16.7 Å². The Kier molecular flexibility index (Phi) is 11.3. The molecule has 5 aliphatic rings. The number of azide groups is 1. The number of nitrogens with one attached hydrogen (secondary N) is 2. The van der Waals surface area contributed by atoms with E-state index in [0.29, 0.717) is 47.7 Å². The molecule has 0 bridgehead atoms. The topological polar surface area (TPSA) is 168 Å². The van der Waals surface area contributed by atoms with Crippen LogP contribution >= 0.6 is 11.8 Å². The molecule has 4 fully saturated rings. The van der Waals surface area contributed by atoms with Gasteiger partial charge in [0.2, 0.25) is 5.91 Å². The number of aliphatic hydroxyl groups is 2. The summed E-state index contributed by atoms with van der Waals surface area (Å²) in [5.41, 5.74) is 9.69. The van der Waals surface area contributed by atoms with E-state index in [9.17, 15) is 24.6 Å². The van der Waals surface area contributed by atoms with Crippen LogP contribution in [-0.2, 0) is 14.4 Å². The van der Waals surface area contributed by atoms with Crippen LogP contribution in [0.3, 0.4) is 0 Å². The largest absolute Gasteiger partial charge is 0.393 e. The summed E-state index contributed by atoms with van der Waals surface area (Å²) < 4.78 is 0. The maximum Gasteiger partial charge on any atom is 0.268 e. The minimum absolute atomic E-state index is 0.135. The second-order valence-electron chi connectivity index (χ2n) is 15.1. The van der Waals surface area contributed by atoms with Crippen LogP contribution in [0, 0.1) is 40.9 Å². The highest BCUT2D eigenvalue weighted by Crippen LogP contribution is 2.64. The smallest absolute Gasteiger partial charge is 0.268 e. The number of carbonyl (C=O) groups excluding carboxylic acids is 3. The van der Waals surface area contributed by atoms with Gasteiger partial charge in [0.15, 0.2) is 0 Å². The summed E-state index contributed by atoms with van der Waals surface area (Å²) in [7, 11) is 0. The van der Waals surface area contributed by atoms with Crippen molar-refractivity contribution in [3.05, 3.63) is 21.7 Å². The van der Waals surface area contributed by atoms with E-state index in [1.54, 1.807) is 6.92 Å². The van der Waals surface area contributed by atoms with Gasteiger partial charge in [-0.3, -0.25) is 19.3 Å². The predicted octanol–water partition coefficient (Wildman–Crippen LogP) is 5.23. The van der Waals surface area contributed by atoms with E-state index in [-0.39, 0.29) is 47.2 Å². The van der Waals surface area contributed by atoms with E-state index in [4.69, 9.17) is 5.53 Å². The van der Waals surface area contributed by atoms with Crippen molar-refractivity contribution < 1.29 is 24.6 Å². The lowest BCUT2D eigenvalue weighted by atomic mass is 9.52. The molecular weight excluding hydrogens is 604 g/mol. The number of amides is 3. The quantitative estimate of drug-likeness (QED) is 0.0915. The lowest BCUT2D eigenvalue weighted by Gasteiger charge is -2.54. The first-order valence-electron chi connectivity index (χ1n) is 17.6. The molecule has 3 unspecified atom stereocenters. The minimum Gasteiger partial charge on any atom is -0.393 e. The number of rotatable bonds is 13. The summed E-state index contributed by atoms with van der Waals surface area (Å²) in [4.78, 5) is 43.0. The number of unbranched alkanes of at least 4 members (excludes halogenated alkanes) is 1. The zero-order valence-corrected chi connectivity index (χ0v) is 28.8. The lowest BCUT2D eigenvalue weighted by molar-refractivity contribution is -0.147. The Balaban J connectivity index is 1.12. The molecule has 0 spiro atoms. The van der Waals surface area contributed by atoms with Crippen molar-refractivity contribution in [2.24, 2.45) is 46.0 Å². The molecule has 5 rings (SSSR count). The molecule has 11 nitrogen and oxygen atoms in total. The zero-order valence-electron chi connectivity index (χ0n) is 28.0. The number of hydrogen-bond donors (Lipinski definition) is 4. The monoisotopic (exact) mass is 658 g/mol. The molecule has 46 heavy (non-hydrogen) atoms. The maximum absolute atomic E-state index is 13.1. The van der Waals surface area contributed by atoms with Crippen LogP contribution < -0.4 is 10.6 Å². The average molecular weight is 659 g/mol. The Hall–Kier alpha value is -2.27. The normalized spacial score (nSPS) is 36.4. The van der Waals surface area contributed by atoms with E-state index in [0.717, 1.165) is 76.2 Å². The Labute approximate surface area is 277 Å². The minimum atomic E-state index is -0.658. The molecule has 11 atom stereocenters. The molecular formula is C34H54N6O5S. The van der Waals surface area contributed by atoms with Gasteiger partial charge in [-0.2, -0.15) is 0 Å². The number of carbonyl (C=O) groups is 3. The number of β-lactam (4-membered cyclic amide) rings is 1. The third kappa shape index (κ3) is 6.96. The van der Waals surface area contributed by atoms with E-state index in [1.807, 2.05) is 0 Å². The van der Waals surface area contributed by atoms with Crippen molar-refractivity contribution in [1.29, 1.82) is 0 Å². The second-order valence-corrected chi connectivity index (χ2v) is 16.2. The number of aliphatic hydroxyl groups excluding tert-OH is 2. The van der Waals surface area contributed by atoms with Gasteiger partial charge in [-0.25, -0.2) is 0 Å². The summed E-state index contributed by atoms with van der Waals surface area (Å²) >= 11 is 1.53. The van der Waals surface area contributed by atoms with Gasteiger partial charge >= 0.3 is 0 Å². The van der Waals surface area contributed by atoms with Crippen LogP contribution in [0.15, 0.2) is 16.4 Å². The second kappa shape index (κ2) is 14.9. The van der Waals surface area contributed by atoms with E-state index in [2.05, 4.69) is 41.4 Å². The van der Waals surface area contributed by atoms with Gasteiger partial charge < -0.3 is 20.8 Å². The molecule has 12 heteroatoms. The molecule has 4 N–H and O–H groups in total. The fourth-order valence-electron chi connectivity index (χ4n) is 10.1. The van der Waals surface area contributed by atoms with Crippen molar-refractivity contribution >= 4 is 29.5 Å². The molecule has 3 amide bonds. The van der Waals surface area contributed by atoms with Crippen molar-refractivity contribution in [1.82, 2.24) is 15.5 Å². The molecule has 256 valence electrons. The van der Waals surface area contributed by atoms with Gasteiger partial charge in [0, 0.05) is 17.1 Å². The van der Waals surface area contributed by atoms with Crippen molar-refractivity contribution in [2.75, 3.05) is 12.4 Å². The molecule has 0 aromatic rings. The molecule has 0 aromatic heterocycles. The van der Waals surface area contributed by atoms with Gasteiger partial charge in [-0.15, -0.1) is 11.8 Å². The van der Waals surface area contributed by atoms with Crippen LogP contribution in [-0.4, -0.2) is 68.9 Å². The highest BCUT2D eigenvalue weighted by Gasteiger charge is 2.58. The third-order valence-corrected chi connectivity index (χ3v) is 13.7. The number of hydrogen-bond acceptors (Lipinski definition) is 7. The van der Waals surface area contributed by atoms with Crippen LogP contribution in [0.2, 0.25) is 0 Å². The molecule has 3 aliphatic carbocycles. The summed E-state index contributed by atoms with van der Waals surface area (Å²) in [5.74, 6) is 2.34. The van der Waals surface area contributed by atoms with Gasteiger partial charge in [0.05, 0.1) is 18.9 Å². The first-order valence-corrected chi connectivity index (χ1v) is 18.6. The van der Waals surface area contributed by atoms with E-state index >= 15 is 0 Å². The third-order valence-electron chi connectivity index (χ3n) is 12.3. The average Bonchev–Trinajstić information content (AvgIpc) is 3.38. The fraction of sp³-hybridized carbons (Fsp3) is 0.853. The summed E-state index contributed by atoms with van der Waals surface area (Å²) in [5, 5.41) is 30.5. The fourth-order valence-corrected chi connectivity index (χ4v) is 11.4. The summed E-state index contributed by atoms with van der Waals surface area (Å²) in [6.07, 6.45) is 10.9. The predicted molar refractivity (Wildman–Crippen MR) is 178 cm³/mol. The molecule has 0 radical (unpaired) electrons. The van der Waals surface area contributed by atoms with Crippen LogP contribution in [0.4, 0.5) is 0 Å². The van der Waals surface area contributed by atoms with Crippen LogP contribution in [0.1, 0.15) is 105 Å². The molecule has 0 aromatic carbocycles. The van der Waals surface area contributed by atoms with Crippen molar-refractivity contribution in [2.45, 2.75) is 128 Å². The SMILES string of the molecule is CCCC[C@@H](O)C[C@H]1CC(O)[C@@H]2[C@H](CC[C@]3(C)[C@@H]([C@H](C)CCC(=O)NC4C(=O)N5C(C(=O)NCN=[N+]=[N-])=C(C)CSC45)CC[C@@H]23)C1. The summed E-state index contributed by atoms with van der Waals surface area (Å²) in [6.45, 7) is 8.47. The van der Waals surface area contributed by atoms with Gasteiger partial charge in [0.25, 0.3) is 11.8 Å². The maximum atomic E-state index is 13.1. The van der Waals surface area contributed by atoms with Crippen molar-refractivity contribution in [3.63, 3.8) is 0 Å². The first kappa shape index (κ1) is 35.0. The zero-order chi connectivity index (χ0) is 33.2. The molecule has 3 saturated carbocycles. The van der Waals surface area contributed by atoms with Crippen molar-refractivity contribution in [3.8, 4) is 0 Å². The Morgan fingerprint density at radius 3 is 2.76 bits per heavy atom. The highest BCUT2D eigenvalue weighted by molar-refractivity contribution is 8.00. The Morgan fingerprint density at radius 1 is 1.24 bits per heavy atom. The lowest BCUT2D eigenvalue weighted by Crippen LogP contribution is -2.70. The first-order chi connectivity index (χ1) is 22.0. The molecule has 2 heterocycles. The Morgan fingerprint density at radius 2 is 2.02 bits per heavy atom. The molecule has 2 aliphatic heterocycles. The number of thioether (sulfide) groups is 1. The van der Waals surface area contributed by atoms with E-state index < -0.39 is 11.9 Å². The highest BCUT2D eigenvalue weighted by atomic mass is 32.2. The van der Waals surface area contributed by atoms with Gasteiger partial charge in [-0.1, -0.05) is 38.7 Å². The van der Waals surface area contributed by atoms with Gasteiger partial charge in [-0.05, 0) is 117 Å². The van der Waals surface area contributed by atoms with Crippen LogP contribution in [0.25, 0.3) is 10.4 Å².